The lowest BCUT2D eigenvalue weighted by Gasteiger charge is -2.21. The fourth-order valence-electron chi connectivity index (χ4n) is 2.49. The Bertz CT molecular complexity index is 1060. The van der Waals surface area contributed by atoms with E-state index in [-0.39, 0.29) is 22.5 Å². The van der Waals surface area contributed by atoms with Crippen LogP contribution in [0.5, 0.6) is 5.75 Å². The minimum atomic E-state index is -1.61. The average Bonchev–Trinajstić information content (AvgIpc) is 3.01. The molecule has 3 rings (SSSR count). The van der Waals surface area contributed by atoms with Crippen molar-refractivity contribution in [2.45, 2.75) is 19.4 Å². The maximum atomic E-state index is 13.5. The first-order valence-electron chi connectivity index (χ1n) is 7.68. The molecule has 0 aliphatic rings. The van der Waals surface area contributed by atoms with Crippen LogP contribution in [0.25, 0.3) is 16.9 Å². The summed E-state index contributed by atoms with van der Waals surface area (Å²) < 4.78 is 28.2. The van der Waals surface area contributed by atoms with E-state index in [2.05, 4.69) is 15.4 Å². The molecule has 2 heterocycles. The molecule has 10 heteroatoms. The van der Waals surface area contributed by atoms with Crippen molar-refractivity contribution in [1.82, 2.24) is 19.9 Å². The summed E-state index contributed by atoms with van der Waals surface area (Å²) in [4.78, 5) is 27.6. The summed E-state index contributed by atoms with van der Waals surface area (Å²) in [6.45, 7) is 2.55. The van der Waals surface area contributed by atoms with Crippen LogP contribution >= 0.6 is 0 Å². The Morgan fingerprint density at radius 2 is 1.78 bits per heavy atom. The van der Waals surface area contributed by atoms with Crippen molar-refractivity contribution in [2.24, 2.45) is 0 Å². The molecule has 140 valence electrons. The number of carboxylic acids is 1. The number of aromatic hydroxyl groups is 1. The highest BCUT2D eigenvalue weighted by atomic mass is 19.1. The van der Waals surface area contributed by atoms with Gasteiger partial charge < -0.3 is 15.5 Å². The Kier molecular flexibility index (Phi) is 4.26. The Morgan fingerprint density at radius 1 is 1.15 bits per heavy atom. The van der Waals surface area contributed by atoms with Gasteiger partial charge in [0.05, 0.1) is 5.69 Å². The second-order valence-electron chi connectivity index (χ2n) is 6.33. The Hall–Kier alpha value is -3.56. The van der Waals surface area contributed by atoms with Crippen LogP contribution in [0.3, 0.4) is 0 Å². The first-order valence-corrected chi connectivity index (χ1v) is 7.68. The number of fused-ring (bicyclic) bond motifs is 1. The molecule has 1 aromatic carbocycles. The van der Waals surface area contributed by atoms with Gasteiger partial charge in [-0.25, -0.2) is 23.1 Å². The number of amides is 1. The van der Waals surface area contributed by atoms with Gasteiger partial charge in [0.25, 0.3) is 5.91 Å². The van der Waals surface area contributed by atoms with Gasteiger partial charge in [0, 0.05) is 17.7 Å². The van der Waals surface area contributed by atoms with Gasteiger partial charge in [-0.15, -0.1) is 0 Å². The van der Waals surface area contributed by atoms with Crippen LogP contribution in [0.15, 0.2) is 30.6 Å². The maximum absolute atomic E-state index is 13.5. The third-order valence-electron chi connectivity index (χ3n) is 3.88. The molecule has 3 N–H and O–H groups in total. The average molecular weight is 376 g/mol. The minimum absolute atomic E-state index is 0.0659. The highest BCUT2D eigenvalue weighted by molar-refractivity contribution is 6.05. The SMILES string of the molecule is CC(C)(NC(=O)c1c(O)cc(-c2cc(F)cc(F)c2)n2ncnc12)C(=O)O. The number of carbonyl (C=O) groups is 2. The summed E-state index contributed by atoms with van der Waals surface area (Å²) in [5.41, 5.74) is -1.87. The lowest BCUT2D eigenvalue weighted by Crippen LogP contribution is -2.49. The molecule has 3 aromatic rings. The lowest BCUT2D eigenvalue weighted by atomic mass is 10.0. The van der Waals surface area contributed by atoms with Crippen molar-refractivity contribution in [3.05, 3.63) is 47.8 Å². The van der Waals surface area contributed by atoms with Crippen molar-refractivity contribution < 1.29 is 28.6 Å². The summed E-state index contributed by atoms with van der Waals surface area (Å²) in [5.74, 6) is -4.38. The molecule has 0 atom stereocenters. The second kappa shape index (κ2) is 6.31. The van der Waals surface area contributed by atoms with E-state index in [1.807, 2.05) is 0 Å². The summed E-state index contributed by atoms with van der Waals surface area (Å²) in [7, 11) is 0. The monoisotopic (exact) mass is 376 g/mol. The lowest BCUT2D eigenvalue weighted by molar-refractivity contribution is -0.143. The molecule has 0 bridgehead atoms. The van der Waals surface area contributed by atoms with Gasteiger partial charge in [-0.3, -0.25) is 4.79 Å². The predicted octanol–water partition coefficient (Wildman–Crippen LogP) is 1.97. The normalized spacial score (nSPS) is 11.6. The fourth-order valence-corrected chi connectivity index (χ4v) is 2.49. The molecule has 0 saturated heterocycles. The number of hydrogen-bond acceptors (Lipinski definition) is 5. The topological polar surface area (TPSA) is 117 Å². The second-order valence-corrected chi connectivity index (χ2v) is 6.33. The summed E-state index contributed by atoms with van der Waals surface area (Å²) >= 11 is 0. The van der Waals surface area contributed by atoms with E-state index in [4.69, 9.17) is 5.11 Å². The largest absolute Gasteiger partial charge is 0.507 e. The number of rotatable bonds is 4. The van der Waals surface area contributed by atoms with Crippen LogP contribution in [0.1, 0.15) is 24.2 Å². The highest BCUT2D eigenvalue weighted by Gasteiger charge is 2.32. The van der Waals surface area contributed by atoms with Gasteiger partial charge >= 0.3 is 5.97 Å². The van der Waals surface area contributed by atoms with E-state index >= 15 is 0 Å². The van der Waals surface area contributed by atoms with E-state index in [9.17, 15) is 23.5 Å². The Labute approximate surface area is 151 Å². The van der Waals surface area contributed by atoms with Gasteiger partial charge in [0.15, 0.2) is 5.65 Å². The van der Waals surface area contributed by atoms with Crippen molar-refractivity contribution in [3.8, 4) is 17.0 Å². The Morgan fingerprint density at radius 3 is 2.37 bits per heavy atom. The zero-order chi connectivity index (χ0) is 19.9. The molecule has 27 heavy (non-hydrogen) atoms. The van der Waals surface area contributed by atoms with Gasteiger partial charge in [-0.2, -0.15) is 5.10 Å². The number of aliphatic carboxylic acids is 1. The molecular weight excluding hydrogens is 362 g/mol. The first kappa shape index (κ1) is 18.2. The van der Waals surface area contributed by atoms with Crippen molar-refractivity contribution in [3.63, 3.8) is 0 Å². The van der Waals surface area contributed by atoms with E-state index in [0.29, 0.717) is 6.07 Å². The first-order chi connectivity index (χ1) is 12.6. The van der Waals surface area contributed by atoms with Crippen molar-refractivity contribution in [2.75, 3.05) is 0 Å². The van der Waals surface area contributed by atoms with Crippen LogP contribution in [0, 0.1) is 11.6 Å². The number of hydrogen-bond donors (Lipinski definition) is 3. The number of pyridine rings is 1. The van der Waals surface area contributed by atoms with Crippen LogP contribution in [0.4, 0.5) is 8.78 Å². The zero-order valence-electron chi connectivity index (χ0n) is 14.2. The number of carboxylic acid groups (broad SMARTS) is 1. The minimum Gasteiger partial charge on any atom is -0.507 e. The molecular formula is C17H14F2N4O4. The van der Waals surface area contributed by atoms with Crippen molar-refractivity contribution >= 4 is 17.5 Å². The van der Waals surface area contributed by atoms with E-state index in [0.717, 1.165) is 29.0 Å². The molecule has 0 saturated carbocycles. The van der Waals surface area contributed by atoms with Gasteiger partial charge in [0.1, 0.15) is 34.8 Å². The molecule has 8 nitrogen and oxygen atoms in total. The predicted molar refractivity (Wildman–Crippen MR) is 89.2 cm³/mol. The molecule has 2 aromatic heterocycles. The molecule has 1 amide bonds. The smallest absolute Gasteiger partial charge is 0.328 e. The number of benzene rings is 1. The Balaban J connectivity index is 2.16. The van der Waals surface area contributed by atoms with E-state index < -0.39 is 34.8 Å². The molecule has 0 unspecified atom stereocenters. The van der Waals surface area contributed by atoms with Gasteiger partial charge in [-0.1, -0.05) is 0 Å². The van der Waals surface area contributed by atoms with Crippen LogP contribution in [-0.2, 0) is 4.79 Å². The molecule has 0 aliphatic heterocycles. The number of halogens is 2. The summed E-state index contributed by atoms with van der Waals surface area (Å²) in [6.07, 6.45) is 1.09. The summed E-state index contributed by atoms with van der Waals surface area (Å²) in [5, 5.41) is 25.7. The number of aromatic nitrogens is 3. The van der Waals surface area contributed by atoms with E-state index in [1.165, 1.54) is 13.8 Å². The molecule has 0 fully saturated rings. The quantitative estimate of drug-likeness (QED) is 0.641. The summed E-state index contributed by atoms with van der Waals surface area (Å²) in [6, 6.07) is 3.86. The third-order valence-corrected chi connectivity index (χ3v) is 3.88. The zero-order valence-corrected chi connectivity index (χ0v) is 14.2. The number of nitrogens with one attached hydrogen (secondary N) is 1. The van der Waals surface area contributed by atoms with Crippen LogP contribution < -0.4 is 5.32 Å². The van der Waals surface area contributed by atoms with Gasteiger partial charge in [-0.05, 0) is 26.0 Å². The highest BCUT2D eigenvalue weighted by Crippen LogP contribution is 2.30. The van der Waals surface area contributed by atoms with Gasteiger partial charge in [0.2, 0.25) is 0 Å². The fraction of sp³-hybridized carbons (Fsp3) is 0.176. The van der Waals surface area contributed by atoms with Crippen LogP contribution in [-0.4, -0.2) is 42.2 Å². The van der Waals surface area contributed by atoms with Crippen molar-refractivity contribution in [1.29, 1.82) is 0 Å². The van der Waals surface area contributed by atoms with E-state index in [1.54, 1.807) is 0 Å². The van der Waals surface area contributed by atoms with Crippen LogP contribution in [0.2, 0.25) is 0 Å². The molecule has 0 aliphatic carbocycles. The number of nitrogens with zero attached hydrogens (tertiary/aromatic N) is 3. The maximum Gasteiger partial charge on any atom is 0.328 e. The molecule has 0 radical (unpaired) electrons. The standard InChI is InChI=1S/C17H14F2N4O4/c1-17(2,16(26)27)22-15(25)13-12(24)6-11(23-14(13)20-7-21-23)8-3-9(18)5-10(19)4-8/h3-7,24H,1-2H3,(H,22,25)(H,26,27). The molecule has 0 spiro atoms. The number of carbonyl (C=O) groups excluding carboxylic acids is 1. The third kappa shape index (κ3) is 3.28.